The molecule has 1 aliphatic carbocycles. The molecule has 2 aromatic rings. The molecule has 0 N–H and O–H groups in total. The van der Waals surface area contributed by atoms with Gasteiger partial charge in [0.15, 0.2) is 0 Å². The first-order valence-corrected chi connectivity index (χ1v) is 11.1. The molecular weight excluding hydrogens is 370 g/mol. The van der Waals surface area contributed by atoms with Gasteiger partial charge in [-0.05, 0) is 61.7 Å². The fraction of sp³-hybridized carbons (Fsp3) is 0.421. The zero-order valence-corrected chi connectivity index (χ0v) is 16.6. The van der Waals surface area contributed by atoms with Gasteiger partial charge in [0, 0.05) is 13.1 Å². The molecule has 7 heteroatoms. The summed E-state index contributed by atoms with van der Waals surface area (Å²) in [5.74, 6) is 0.938. The van der Waals surface area contributed by atoms with E-state index in [0.29, 0.717) is 18.2 Å². The highest BCUT2D eigenvalue weighted by Gasteiger charge is 2.27. The summed E-state index contributed by atoms with van der Waals surface area (Å²) in [4.78, 5) is 15.4. The SMILES string of the molecule is CC(C)S(=O)(=O)Oc1ccc(CN(CC2CC2)C(=O)c2cccs2)cc1. The molecular formula is C19H23NO4S2. The first-order chi connectivity index (χ1) is 12.3. The molecule has 5 nitrogen and oxygen atoms in total. The Morgan fingerprint density at radius 3 is 2.46 bits per heavy atom. The fourth-order valence-electron chi connectivity index (χ4n) is 2.49. The normalized spacial score (nSPS) is 14.4. The maximum absolute atomic E-state index is 12.7. The maximum Gasteiger partial charge on any atom is 0.311 e. The molecule has 0 saturated heterocycles. The largest absolute Gasteiger partial charge is 0.382 e. The zero-order valence-electron chi connectivity index (χ0n) is 14.9. The highest BCUT2D eigenvalue weighted by atomic mass is 32.2. The summed E-state index contributed by atoms with van der Waals surface area (Å²) in [5.41, 5.74) is 0.949. The number of carbonyl (C=O) groups is 1. The van der Waals surface area contributed by atoms with Crippen LogP contribution in [-0.2, 0) is 16.7 Å². The van der Waals surface area contributed by atoms with Gasteiger partial charge in [-0.25, -0.2) is 0 Å². The lowest BCUT2D eigenvalue weighted by Gasteiger charge is -2.22. The first-order valence-electron chi connectivity index (χ1n) is 8.70. The molecule has 1 aromatic carbocycles. The van der Waals surface area contributed by atoms with Crippen LogP contribution >= 0.6 is 11.3 Å². The summed E-state index contributed by atoms with van der Waals surface area (Å²) < 4.78 is 28.8. The summed E-state index contributed by atoms with van der Waals surface area (Å²) >= 11 is 1.45. The summed E-state index contributed by atoms with van der Waals surface area (Å²) in [5, 5.41) is 1.31. The van der Waals surface area contributed by atoms with Crippen molar-refractivity contribution >= 4 is 27.4 Å². The van der Waals surface area contributed by atoms with Gasteiger partial charge in [-0.15, -0.1) is 11.3 Å². The van der Waals surface area contributed by atoms with Crippen molar-refractivity contribution in [3.8, 4) is 5.75 Å². The van der Waals surface area contributed by atoms with Gasteiger partial charge in [0.1, 0.15) is 5.75 Å². The minimum Gasteiger partial charge on any atom is -0.382 e. The monoisotopic (exact) mass is 393 g/mol. The van der Waals surface area contributed by atoms with Crippen molar-refractivity contribution in [2.45, 2.75) is 38.5 Å². The highest BCUT2D eigenvalue weighted by Crippen LogP contribution is 2.31. The van der Waals surface area contributed by atoms with Gasteiger partial charge in [0.05, 0.1) is 10.1 Å². The first kappa shape index (κ1) is 18.9. The Hall–Kier alpha value is -1.86. The third-order valence-corrected chi connectivity index (χ3v) is 6.72. The molecule has 0 spiro atoms. The van der Waals surface area contributed by atoms with Gasteiger partial charge in [-0.1, -0.05) is 18.2 Å². The van der Waals surface area contributed by atoms with Crippen molar-refractivity contribution in [3.05, 3.63) is 52.2 Å². The van der Waals surface area contributed by atoms with Gasteiger partial charge in [-0.3, -0.25) is 4.79 Å². The van der Waals surface area contributed by atoms with Crippen molar-refractivity contribution in [1.82, 2.24) is 4.90 Å². The van der Waals surface area contributed by atoms with Crippen molar-refractivity contribution in [1.29, 1.82) is 0 Å². The molecule has 1 aromatic heterocycles. The number of hydrogen-bond donors (Lipinski definition) is 0. The van der Waals surface area contributed by atoms with Gasteiger partial charge >= 0.3 is 10.1 Å². The van der Waals surface area contributed by atoms with Crippen LogP contribution in [0, 0.1) is 5.92 Å². The van der Waals surface area contributed by atoms with Crippen LogP contribution in [0.25, 0.3) is 0 Å². The van der Waals surface area contributed by atoms with Crippen LogP contribution in [0.1, 0.15) is 41.9 Å². The maximum atomic E-state index is 12.7. The molecule has 0 radical (unpaired) electrons. The lowest BCUT2D eigenvalue weighted by molar-refractivity contribution is 0.0740. The van der Waals surface area contributed by atoms with E-state index in [2.05, 4.69) is 0 Å². The third kappa shape index (κ3) is 4.86. The smallest absolute Gasteiger partial charge is 0.311 e. The van der Waals surface area contributed by atoms with Crippen molar-refractivity contribution in [2.75, 3.05) is 6.54 Å². The van der Waals surface area contributed by atoms with E-state index in [1.54, 1.807) is 26.0 Å². The molecule has 1 heterocycles. The molecule has 1 aliphatic rings. The van der Waals surface area contributed by atoms with Gasteiger partial charge in [0.25, 0.3) is 5.91 Å². The molecule has 1 amide bonds. The topological polar surface area (TPSA) is 63.7 Å². The fourth-order valence-corrected chi connectivity index (χ4v) is 3.75. The van der Waals surface area contributed by atoms with Crippen LogP contribution in [0.3, 0.4) is 0 Å². The standard InChI is InChI=1S/C19H23NO4S2/c1-14(2)26(22,23)24-17-9-7-16(8-10-17)13-20(12-15-5-6-15)19(21)18-4-3-11-25-18/h3-4,7-11,14-15H,5-6,12-13H2,1-2H3. The van der Waals surface area contributed by atoms with Crippen LogP contribution in [0.15, 0.2) is 41.8 Å². The zero-order chi connectivity index (χ0) is 18.7. The molecule has 0 atom stereocenters. The van der Waals surface area contributed by atoms with Gasteiger partial charge in [0.2, 0.25) is 0 Å². The van der Waals surface area contributed by atoms with Crippen molar-refractivity contribution in [3.63, 3.8) is 0 Å². The minimum atomic E-state index is -3.60. The summed E-state index contributed by atoms with van der Waals surface area (Å²) in [6.07, 6.45) is 2.35. The van der Waals surface area contributed by atoms with E-state index < -0.39 is 15.4 Å². The molecule has 3 rings (SSSR count). The van der Waals surface area contributed by atoms with Crippen molar-refractivity contribution in [2.24, 2.45) is 5.92 Å². The number of thiophene rings is 1. The second kappa shape index (κ2) is 7.80. The average molecular weight is 394 g/mol. The van der Waals surface area contributed by atoms with E-state index in [4.69, 9.17) is 4.18 Å². The third-order valence-electron chi connectivity index (χ3n) is 4.28. The summed E-state index contributed by atoms with van der Waals surface area (Å²) in [6, 6.07) is 10.6. The molecule has 0 bridgehead atoms. The number of rotatable bonds is 8. The van der Waals surface area contributed by atoms with E-state index in [1.165, 1.54) is 24.2 Å². The van der Waals surface area contributed by atoms with Crippen LogP contribution in [-0.4, -0.2) is 31.0 Å². The second-order valence-electron chi connectivity index (χ2n) is 6.88. The van der Waals surface area contributed by atoms with Crippen LogP contribution < -0.4 is 4.18 Å². The second-order valence-corrected chi connectivity index (χ2v) is 9.92. The van der Waals surface area contributed by atoms with E-state index >= 15 is 0 Å². The molecule has 0 unspecified atom stereocenters. The Bertz CT molecular complexity index is 838. The number of carbonyl (C=O) groups excluding carboxylic acids is 1. The van der Waals surface area contributed by atoms with E-state index in [-0.39, 0.29) is 5.91 Å². The molecule has 1 saturated carbocycles. The van der Waals surface area contributed by atoms with Gasteiger partial charge < -0.3 is 9.08 Å². The minimum absolute atomic E-state index is 0.0506. The number of benzene rings is 1. The number of amides is 1. The van der Waals surface area contributed by atoms with Gasteiger partial charge in [-0.2, -0.15) is 8.42 Å². The number of hydrogen-bond acceptors (Lipinski definition) is 5. The van der Waals surface area contributed by atoms with E-state index in [1.807, 2.05) is 34.5 Å². The summed E-state index contributed by atoms with van der Waals surface area (Å²) in [7, 11) is -3.60. The van der Waals surface area contributed by atoms with Crippen LogP contribution in [0.2, 0.25) is 0 Å². The highest BCUT2D eigenvalue weighted by molar-refractivity contribution is 7.87. The Balaban J connectivity index is 1.69. The van der Waals surface area contributed by atoms with Crippen LogP contribution in [0.5, 0.6) is 5.75 Å². The molecule has 140 valence electrons. The Morgan fingerprint density at radius 2 is 1.92 bits per heavy atom. The van der Waals surface area contributed by atoms with Crippen molar-refractivity contribution < 1.29 is 17.4 Å². The molecule has 0 aliphatic heterocycles. The van der Waals surface area contributed by atoms with E-state index in [9.17, 15) is 13.2 Å². The Morgan fingerprint density at radius 1 is 1.23 bits per heavy atom. The lowest BCUT2D eigenvalue weighted by atomic mass is 10.2. The lowest BCUT2D eigenvalue weighted by Crippen LogP contribution is -2.32. The van der Waals surface area contributed by atoms with E-state index in [0.717, 1.165) is 17.0 Å². The predicted molar refractivity (Wildman–Crippen MR) is 103 cm³/mol. The molecule has 26 heavy (non-hydrogen) atoms. The number of nitrogens with zero attached hydrogens (tertiary/aromatic N) is 1. The predicted octanol–water partition coefficient (Wildman–Crippen LogP) is 3.92. The summed E-state index contributed by atoms with van der Waals surface area (Å²) in [6.45, 7) is 4.42. The Labute approximate surface area is 158 Å². The average Bonchev–Trinajstić information content (AvgIpc) is 3.24. The van der Waals surface area contributed by atoms with Crippen LogP contribution in [0.4, 0.5) is 0 Å². The molecule has 1 fully saturated rings. The quantitative estimate of drug-likeness (QED) is 0.638. The Kier molecular flexibility index (Phi) is 5.67.